The molecule has 1 aliphatic rings. The molecule has 0 fully saturated rings. The van der Waals surface area contributed by atoms with E-state index in [0.29, 0.717) is 28.4 Å². The number of hydrogen-bond donors (Lipinski definition) is 1. The van der Waals surface area contributed by atoms with Gasteiger partial charge in [0.2, 0.25) is 0 Å². The predicted octanol–water partition coefficient (Wildman–Crippen LogP) is 7.47. The van der Waals surface area contributed by atoms with E-state index in [1.165, 1.54) is 0 Å². The van der Waals surface area contributed by atoms with Crippen LogP contribution in [0.4, 0.5) is 10.2 Å². The molecule has 1 N–H and O–H groups in total. The van der Waals surface area contributed by atoms with Gasteiger partial charge in [-0.3, -0.25) is 4.98 Å². The lowest BCUT2D eigenvalue weighted by Gasteiger charge is -2.20. The van der Waals surface area contributed by atoms with Crippen LogP contribution in [0, 0.1) is 17.1 Å². The standard InChI is InChI=1S/C32H35FN6/c1-6-9-10-13-29-38-28(15-17-39(29)5)27-14-16-35-32(30(27)33)37-22-24-19-26(20-34)31(36-21-24)25(12-8-3)18-23(4)11-7-2/h8-19,21H,6-7,22H2,1-5H3,(H,35,37)/b10-9-,12-8-,23-11+,25-18+,29-13-. The van der Waals surface area contributed by atoms with E-state index >= 15 is 4.39 Å². The van der Waals surface area contributed by atoms with Gasteiger partial charge in [-0.25, -0.2) is 14.4 Å². The monoisotopic (exact) mass is 522 g/mol. The second-order valence-corrected chi connectivity index (χ2v) is 8.97. The summed E-state index contributed by atoms with van der Waals surface area (Å²) in [5.41, 5.74) is 4.64. The van der Waals surface area contributed by atoms with Gasteiger partial charge in [-0.1, -0.05) is 55.9 Å². The molecular formula is C32H35FN6. The van der Waals surface area contributed by atoms with E-state index in [4.69, 9.17) is 0 Å². The Labute approximate surface area is 231 Å². The Hall–Kier alpha value is -4.57. The number of pyridine rings is 2. The fourth-order valence-corrected chi connectivity index (χ4v) is 3.97. The molecule has 200 valence electrons. The number of rotatable bonds is 10. The maximum Gasteiger partial charge on any atom is 0.174 e. The van der Waals surface area contributed by atoms with E-state index in [1.54, 1.807) is 30.6 Å². The van der Waals surface area contributed by atoms with Crippen LogP contribution in [0.2, 0.25) is 0 Å². The molecule has 0 unspecified atom stereocenters. The highest BCUT2D eigenvalue weighted by atomic mass is 19.1. The molecule has 0 amide bonds. The molecule has 0 saturated heterocycles. The highest BCUT2D eigenvalue weighted by Gasteiger charge is 2.17. The van der Waals surface area contributed by atoms with E-state index < -0.39 is 5.82 Å². The third-order valence-electron chi connectivity index (χ3n) is 5.89. The first kappa shape index (κ1) is 29.0. The first-order chi connectivity index (χ1) is 18.9. The summed E-state index contributed by atoms with van der Waals surface area (Å²) in [6.45, 7) is 8.36. The Morgan fingerprint density at radius 1 is 1.23 bits per heavy atom. The van der Waals surface area contributed by atoms with Crippen molar-refractivity contribution in [3.8, 4) is 6.07 Å². The summed E-state index contributed by atoms with van der Waals surface area (Å²) in [4.78, 5) is 15.3. The fourth-order valence-electron chi connectivity index (χ4n) is 3.97. The van der Waals surface area contributed by atoms with E-state index in [-0.39, 0.29) is 12.4 Å². The number of nitrogens with zero attached hydrogens (tertiary/aromatic N) is 5. The second kappa shape index (κ2) is 14.4. The summed E-state index contributed by atoms with van der Waals surface area (Å²) in [5.74, 6) is 0.330. The number of aliphatic imine (C=N–C) groups is 1. The molecule has 39 heavy (non-hydrogen) atoms. The third kappa shape index (κ3) is 7.71. The van der Waals surface area contributed by atoms with Crippen molar-refractivity contribution >= 4 is 17.1 Å². The summed E-state index contributed by atoms with van der Waals surface area (Å²) in [5, 5.41) is 12.9. The lowest BCUT2D eigenvalue weighted by molar-refractivity contribution is 0.557. The summed E-state index contributed by atoms with van der Waals surface area (Å²) in [7, 11) is 1.90. The molecule has 3 heterocycles. The lowest BCUT2D eigenvalue weighted by atomic mass is 10.0. The number of aromatic nitrogens is 2. The minimum Gasteiger partial charge on any atom is -0.363 e. The van der Waals surface area contributed by atoms with Crippen LogP contribution >= 0.6 is 0 Å². The van der Waals surface area contributed by atoms with Crippen molar-refractivity contribution in [3.63, 3.8) is 0 Å². The van der Waals surface area contributed by atoms with Crippen LogP contribution in [0.25, 0.3) is 5.57 Å². The molecule has 7 heteroatoms. The Balaban J connectivity index is 1.85. The number of allylic oxidation sites excluding steroid dienone is 10. The number of anilines is 1. The molecule has 3 rings (SSSR count). The van der Waals surface area contributed by atoms with Crippen molar-refractivity contribution in [2.45, 2.75) is 47.1 Å². The second-order valence-electron chi connectivity index (χ2n) is 8.97. The molecule has 0 aliphatic carbocycles. The largest absolute Gasteiger partial charge is 0.363 e. The Morgan fingerprint density at radius 2 is 2.05 bits per heavy atom. The summed E-state index contributed by atoms with van der Waals surface area (Å²) in [6.07, 6.45) is 22.6. The molecule has 2 aromatic heterocycles. The molecule has 0 spiro atoms. The highest BCUT2D eigenvalue weighted by molar-refractivity contribution is 6.10. The van der Waals surface area contributed by atoms with E-state index in [1.807, 2.05) is 68.5 Å². The number of halogens is 1. The van der Waals surface area contributed by atoms with Crippen molar-refractivity contribution in [1.82, 2.24) is 14.9 Å². The molecule has 0 atom stereocenters. The molecule has 1 aliphatic heterocycles. The fraction of sp³-hybridized carbons (Fsp3) is 0.250. The maximum atomic E-state index is 15.5. The van der Waals surface area contributed by atoms with Gasteiger partial charge in [-0.2, -0.15) is 5.26 Å². The molecule has 0 bridgehead atoms. The number of nitriles is 1. The van der Waals surface area contributed by atoms with Crippen molar-refractivity contribution < 1.29 is 4.39 Å². The van der Waals surface area contributed by atoms with Gasteiger partial charge in [0.15, 0.2) is 11.6 Å². The molecule has 0 radical (unpaired) electrons. The SMILES string of the molecule is C\C=C/C(=C\C(C)=C\CC)c1ncc(CNc2nccc(C3=N/C(=C/C=C\CC)N(C)C=C3)c2F)cc1C#N. The van der Waals surface area contributed by atoms with Crippen LogP contribution in [0.3, 0.4) is 0 Å². The van der Waals surface area contributed by atoms with Crippen LogP contribution in [0.5, 0.6) is 0 Å². The molecule has 6 nitrogen and oxygen atoms in total. The normalized spacial score (nSPS) is 15.4. The van der Waals surface area contributed by atoms with Gasteiger partial charge in [0.1, 0.15) is 11.9 Å². The van der Waals surface area contributed by atoms with Crippen molar-refractivity contribution in [2.24, 2.45) is 4.99 Å². The first-order valence-corrected chi connectivity index (χ1v) is 13.1. The first-order valence-electron chi connectivity index (χ1n) is 13.1. The molecule has 2 aromatic rings. The van der Waals surface area contributed by atoms with Crippen LogP contribution in [0.1, 0.15) is 62.9 Å². The predicted molar refractivity (Wildman–Crippen MR) is 158 cm³/mol. The zero-order chi connectivity index (χ0) is 28.2. The van der Waals surface area contributed by atoms with Gasteiger partial charge in [0.25, 0.3) is 0 Å². The maximum absolute atomic E-state index is 15.5. The third-order valence-corrected chi connectivity index (χ3v) is 5.89. The number of nitrogens with one attached hydrogen (secondary N) is 1. The zero-order valence-corrected chi connectivity index (χ0v) is 23.2. The van der Waals surface area contributed by atoms with Gasteiger partial charge in [-0.05, 0) is 56.5 Å². The van der Waals surface area contributed by atoms with Crippen LogP contribution in [-0.4, -0.2) is 27.6 Å². The molecular weight excluding hydrogens is 487 g/mol. The minimum atomic E-state index is -0.490. The number of hydrogen-bond acceptors (Lipinski definition) is 6. The van der Waals surface area contributed by atoms with E-state index in [0.717, 1.165) is 29.6 Å². The average Bonchev–Trinajstić information content (AvgIpc) is 2.93. The van der Waals surface area contributed by atoms with Crippen molar-refractivity contribution in [3.05, 3.63) is 119 Å². The lowest BCUT2D eigenvalue weighted by Crippen LogP contribution is -2.17. The Morgan fingerprint density at radius 3 is 2.77 bits per heavy atom. The van der Waals surface area contributed by atoms with Gasteiger partial charge in [0.05, 0.1) is 17.0 Å². The van der Waals surface area contributed by atoms with Crippen molar-refractivity contribution in [1.29, 1.82) is 5.26 Å². The minimum absolute atomic E-state index is 0.108. The quantitative estimate of drug-likeness (QED) is 0.328. The molecule has 0 saturated carbocycles. The molecule has 0 aromatic carbocycles. The van der Waals surface area contributed by atoms with Crippen LogP contribution < -0.4 is 5.32 Å². The zero-order valence-electron chi connectivity index (χ0n) is 23.2. The summed E-state index contributed by atoms with van der Waals surface area (Å²) in [6, 6.07) is 5.65. The Bertz CT molecular complexity index is 1430. The van der Waals surface area contributed by atoms with Gasteiger partial charge in [-0.15, -0.1) is 0 Å². The highest BCUT2D eigenvalue weighted by Crippen LogP contribution is 2.23. The van der Waals surface area contributed by atoms with E-state index in [9.17, 15) is 5.26 Å². The van der Waals surface area contributed by atoms with Crippen molar-refractivity contribution in [2.75, 3.05) is 12.4 Å². The average molecular weight is 523 g/mol. The van der Waals surface area contributed by atoms with Gasteiger partial charge >= 0.3 is 0 Å². The van der Waals surface area contributed by atoms with E-state index in [2.05, 4.69) is 46.3 Å². The van der Waals surface area contributed by atoms with Gasteiger partial charge in [0, 0.05) is 43.3 Å². The Kier molecular flexibility index (Phi) is 10.7. The van der Waals surface area contributed by atoms with Gasteiger partial charge < -0.3 is 10.2 Å². The summed E-state index contributed by atoms with van der Waals surface area (Å²) < 4.78 is 15.5. The smallest absolute Gasteiger partial charge is 0.174 e. The topological polar surface area (TPSA) is 77.2 Å². The van der Waals surface area contributed by atoms with Crippen LogP contribution in [-0.2, 0) is 6.54 Å². The van der Waals surface area contributed by atoms with Crippen LogP contribution in [0.15, 0.2) is 95.7 Å². The summed E-state index contributed by atoms with van der Waals surface area (Å²) >= 11 is 0.